The Morgan fingerprint density at radius 2 is 2.00 bits per heavy atom. The van der Waals surface area contributed by atoms with E-state index in [9.17, 15) is 5.11 Å². The van der Waals surface area contributed by atoms with Crippen LogP contribution in [0.3, 0.4) is 0 Å². The third-order valence-corrected chi connectivity index (χ3v) is 3.67. The van der Waals surface area contributed by atoms with Crippen molar-refractivity contribution >= 4 is 0 Å². The van der Waals surface area contributed by atoms with Gasteiger partial charge in [-0.15, -0.1) is 0 Å². The van der Waals surface area contributed by atoms with Crippen LogP contribution >= 0.6 is 0 Å². The number of phenolic OH excluding ortho intramolecular Hbond substituents is 1. The summed E-state index contributed by atoms with van der Waals surface area (Å²) in [5.41, 5.74) is 7.50. The van der Waals surface area contributed by atoms with E-state index in [1.807, 2.05) is 0 Å². The Labute approximate surface area is 102 Å². The molecule has 2 rings (SSSR count). The highest BCUT2D eigenvalue weighted by Crippen LogP contribution is 2.36. The summed E-state index contributed by atoms with van der Waals surface area (Å²) < 4.78 is 0. The van der Waals surface area contributed by atoms with Gasteiger partial charge in [0.1, 0.15) is 5.75 Å². The number of nitrogens with two attached hydrogens (primary N) is 1. The van der Waals surface area contributed by atoms with Crippen molar-refractivity contribution in [3.8, 4) is 11.8 Å². The van der Waals surface area contributed by atoms with Crippen molar-refractivity contribution in [2.24, 2.45) is 11.7 Å². The maximum atomic E-state index is 9.84. The number of nitrogens with zero attached hydrogens (tertiary/aromatic N) is 1. The molecule has 1 saturated carbocycles. The molecule has 3 heteroatoms. The van der Waals surface area contributed by atoms with E-state index in [0.29, 0.717) is 11.5 Å². The zero-order valence-electron chi connectivity index (χ0n) is 9.89. The molecule has 0 spiro atoms. The average molecular weight is 230 g/mol. The smallest absolute Gasteiger partial charge is 0.120 e. The van der Waals surface area contributed by atoms with Gasteiger partial charge in [-0.2, -0.15) is 5.26 Å². The van der Waals surface area contributed by atoms with E-state index < -0.39 is 0 Å². The number of phenols is 1. The van der Waals surface area contributed by atoms with Gasteiger partial charge in [-0.3, -0.25) is 0 Å². The fourth-order valence-electron chi connectivity index (χ4n) is 2.64. The first kappa shape index (κ1) is 11.9. The monoisotopic (exact) mass is 230 g/mol. The van der Waals surface area contributed by atoms with Crippen LogP contribution in [0.4, 0.5) is 0 Å². The molecule has 0 heterocycles. The minimum Gasteiger partial charge on any atom is -0.508 e. The first-order valence-corrected chi connectivity index (χ1v) is 6.21. The van der Waals surface area contributed by atoms with Gasteiger partial charge in [0.15, 0.2) is 0 Å². The summed E-state index contributed by atoms with van der Waals surface area (Å²) in [7, 11) is 0. The van der Waals surface area contributed by atoms with E-state index >= 15 is 0 Å². The molecule has 1 aromatic carbocycles. The minimum absolute atomic E-state index is 0.149. The molecule has 1 fully saturated rings. The Hall–Kier alpha value is -1.53. The summed E-state index contributed by atoms with van der Waals surface area (Å²) >= 11 is 0. The second-order valence-corrected chi connectivity index (χ2v) is 4.81. The predicted octanol–water partition coefficient (Wildman–Crippen LogP) is 2.84. The SMILES string of the molecule is N#Cc1ccc(O)c([C@H](N)C2CCCCC2)c1. The first-order valence-electron chi connectivity index (χ1n) is 6.21. The molecule has 1 aliphatic carbocycles. The minimum atomic E-state index is -0.149. The summed E-state index contributed by atoms with van der Waals surface area (Å²) in [6, 6.07) is 6.84. The van der Waals surface area contributed by atoms with Crippen molar-refractivity contribution in [1.29, 1.82) is 5.26 Å². The van der Waals surface area contributed by atoms with E-state index in [0.717, 1.165) is 18.4 Å². The van der Waals surface area contributed by atoms with Gasteiger partial charge in [0, 0.05) is 11.6 Å². The number of aromatic hydroxyl groups is 1. The molecular formula is C14H18N2O. The van der Waals surface area contributed by atoms with Crippen molar-refractivity contribution in [3.63, 3.8) is 0 Å². The van der Waals surface area contributed by atoms with Gasteiger partial charge in [0.05, 0.1) is 11.6 Å². The molecular weight excluding hydrogens is 212 g/mol. The van der Waals surface area contributed by atoms with Crippen molar-refractivity contribution in [1.82, 2.24) is 0 Å². The van der Waals surface area contributed by atoms with E-state index in [1.165, 1.54) is 19.3 Å². The quantitative estimate of drug-likeness (QED) is 0.820. The van der Waals surface area contributed by atoms with E-state index in [1.54, 1.807) is 18.2 Å². The molecule has 0 amide bonds. The van der Waals surface area contributed by atoms with E-state index in [2.05, 4.69) is 6.07 Å². The molecule has 3 N–H and O–H groups in total. The van der Waals surface area contributed by atoms with Gasteiger partial charge in [-0.05, 0) is 37.0 Å². The summed E-state index contributed by atoms with van der Waals surface area (Å²) in [4.78, 5) is 0. The van der Waals surface area contributed by atoms with Gasteiger partial charge in [0.25, 0.3) is 0 Å². The van der Waals surface area contributed by atoms with Gasteiger partial charge >= 0.3 is 0 Å². The van der Waals surface area contributed by atoms with Crippen LogP contribution in [-0.4, -0.2) is 5.11 Å². The second kappa shape index (κ2) is 5.20. The van der Waals surface area contributed by atoms with E-state index in [4.69, 9.17) is 11.0 Å². The molecule has 0 aromatic heterocycles. The summed E-state index contributed by atoms with van der Waals surface area (Å²) in [5.74, 6) is 0.644. The van der Waals surface area contributed by atoms with Gasteiger partial charge in [-0.1, -0.05) is 19.3 Å². The largest absolute Gasteiger partial charge is 0.508 e. The van der Waals surface area contributed by atoms with Crippen molar-refractivity contribution in [2.75, 3.05) is 0 Å². The molecule has 0 saturated heterocycles. The predicted molar refractivity (Wildman–Crippen MR) is 66.3 cm³/mol. The maximum Gasteiger partial charge on any atom is 0.120 e. The second-order valence-electron chi connectivity index (χ2n) is 4.81. The Morgan fingerprint density at radius 1 is 1.29 bits per heavy atom. The first-order chi connectivity index (χ1) is 8.22. The lowest BCUT2D eigenvalue weighted by molar-refractivity contribution is 0.303. The van der Waals surface area contributed by atoms with Gasteiger partial charge in [0.2, 0.25) is 0 Å². The molecule has 1 aromatic rings. The van der Waals surface area contributed by atoms with Crippen LogP contribution in [0.2, 0.25) is 0 Å². The van der Waals surface area contributed by atoms with Crippen LogP contribution in [0.25, 0.3) is 0 Å². The Morgan fingerprint density at radius 3 is 2.65 bits per heavy atom. The molecule has 0 unspecified atom stereocenters. The van der Waals surface area contributed by atoms with Crippen molar-refractivity contribution in [3.05, 3.63) is 29.3 Å². The van der Waals surface area contributed by atoms with Crippen LogP contribution in [0.15, 0.2) is 18.2 Å². The lowest BCUT2D eigenvalue weighted by atomic mass is 9.81. The number of benzene rings is 1. The molecule has 3 nitrogen and oxygen atoms in total. The summed E-state index contributed by atoms with van der Waals surface area (Å²) in [5, 5.41) is 18.7. The van der Waals surface area contributed by atoms with Crippen molar-refractivity contribution < 1.29 is 5.11 Å². The zero-order chi connectivity index (χ0) is 12.3. The fraction of sp³-hybridized carbons (Fsp3) is 0.500. The lowest BCUT2D eigenvalue weighted by Gasteiger charge is -2.28. The molecule has 0 aliphatic heterocycles. The number of hydrogen-bond acceptors (Lipinski definition) is 3. The van der Waals surface area contributed by atoms with Crippen LogP contribution in [0, 0.1) is 17.2 Å². The number of nitriles is 1. The van der Waals surface area contributed by atoms with Crippen molar-refractivity contribution in [2.45, 2.75) is 38.1 Å². The molecule has 0 radical (unpaired) electrons. The van der Waals surface area contributed by atoms with Gasteiger partial charge < -0.3 is 10.8 Å². The van der Waals surface area contributed by atoms with Crippen LogP contribution in [0.1, 0.15) is 49.3 Å². The van der Waals surface area contributed by atoms with E-state index in [-0.39, 0.29) is 11.8 Å². The summed E-state index contributed by atoms with van der Waals surface area (Å²) in [6.45, 7) is 0. The normalized spacial score (nSPS) is 18.6. The average Bonchev–Trinajstić information content (AvgIpc) is 2.39. The number of rotatable bonds is 2. The Bertz CT molecular complexity index is 430. The highest BCUT2D eigenvalue weighted by Gasteiger charge is 2.23. The molecule has 0 bridgehead atoms. The molecule has 17 heavy (non-hydrogen) atoms. The third-order valence-electron chi connectivity index (χ3n) is 3.67. The Balaban J connectivity index is 2.23. The maximum absolute atomic E-state index is 9.84. The Kier molecular flexibility index (Phi) is 3.65. The summed E-state index contributed by atoms with van der Waals surface area (Å²) in [6.07, 6.45) is 5.97. The highest BCUT2D eigenvalue weighted by molar-refractivity contribution is 5.43. The topological polar surface area (TPSA) is 70.0 Å². The highest BCUT2D eigenvalue weighted by atomic mass is 16.3. The van der Waals surface area contributed by atoms with Crippen LogP contribution < -0.4 is 5.73 Å². The van der Waals surface area contributed by atoms with Gasteiger partial charge in [-0.25, -0.2) is 0 Å². The molecule has 90 valence electrons. The van der Waals surface area contributed by atoms with Crippen LogP contribution in [0.5, 0.6) is 5.75 Å². The number of hydrogen-bond donors (Lipinski definition) is 2. The lowest BCUT2D eigenvalue weighted by Crippen LogP contribution is -2.23. The standard InChI is InChI=1S/C14H18N2O/c15-9-10-6-7-13(17)12(8-10)14(16)11-4-2-1-3-5-11/h6-8,11,14,17H,1-5,16H2/t14-/m1/s1. The third kappa shape index (κ3) is 2.59. The fourth-order valence-corrected chi connectivity index (χ4v) is 2.64. The molecule has 1 atom stereocenters. The zero-order valence-corrected chi connectivity index (χ0v) is 9.89. The van der Waals surface area contributed by atoms with Crippen LogP contribution in [-0.2, 0) is 0 Å². The molecule has 1 aliphatic rings.